The summed E-state index contributed by atoms with van der Waals surface area (Å²) in [5, 5.41) is 22.2. The average molecular weight is 402 g/mol. The van der Waals surface area contributed by atoms with Gasteiger partial charge >= 0.3 is 5.69 Å². The molecule has 12 nitrogen and oxygen atoms in total. The molecule has 1 aromatic carbocycles. The van der Waals surface area contributed by atoms with Gasteiger partial charge in [-0.1, -0.05) is 0 Å². The van der Waals surface area contributed by atoms with E-state index in [9.17, 15) is 20.2 Å². The van der Waals surface area contributed by atoms with Gasteiger partial charge in [-0.15, -0.1) is 0 Å². The van der Waals surface area contributed by atoms with Gasteiger partial charge in [-0.2, -0.15) is 0 Å². The van der Waals surface area contributed by atoms with Crippen LogP contribution in [0.5, 0.6) is 5.75 Å². The Morgan fingerprint density at radius 2 is 1.61 bits per heavy atom. The van der Waals surface area contributed by atoms with Crippen molar-refractivity contribution in [1.82, 2.24) is 0 Å². The van der Waals surface area contributed by atoms with E-state index in [-0.39, 0.29) is 12.4 Å². The Morgan fingerprint density at radius 1 is 0.964 bits per heavy atom. The Balaban J connectivity index is 2.37. The number of hydrogen-bond donors (Lipinski definition) is 0. The molecule has 0 saturated carbocycles. The Morgan fingerprint density at radius 3 is 2.11 bits per heavy atom. The third-order valence-electron chi connectivity index (χ3n) is 4.33. The van der Waals surface area contributed by atoms with Gasteiger partial charge in [0.2, 0.25) is 12.0 Å². The molecular weight excluding hydrogens is 380 g/mol. The summed E-state index contributed by atoms with van der Waals surface area (Å²) >= 11 is 0. The van der Waals surface area contributed by atoms with Crippen LogP contribution in [-0.2, 0) is 23.7 Å². The van der Waals surface area contributed by atoms with Crippen LogP contribution in [0, 0.1) is 20.2 Å². The Bertz CT molecular complexity index is 700. The molecule has 0 aromatic heterocycles. The first-order valence-electron chi connectivity index (χ1n) is 8.20. The van der Waals surface area contributed by atoms with E-state index in [0.717, 1.165) is 18.2 Å². The predicted molar refractivity (Wildman–Crippen MR) is 93.3 cm³/mol. The number of non-ortho nitro benzene ring substituents is 1. The molecule has 28 heavy (non-hydrogen) atoms. The summed E-state index contributed by atoms with van der Waals surface area (Å²) in [6.45, 7) is 0.150. The second-order valence-electron chi connectivity index (χ2n) is 5.88. The zero-order valence-electron chi connectivity index (χ0n) is 15.8. The smallest absolute Gasteiger partial charge is 0.317 e. The van der Waals surface area contributed by atoms with E-state index in [4.69, 9.17) is 28.4 Å². The summed E-state index contributed by atoms with van der Waals surface area (Å²) < 4.78 is 33.0. The number of hydrogen-bond acceptors (Lipinski definition) is 10. The van der Waals surface area contributed by atoms with Crippen LogP contribution in [0.3, 0.4) is 0 Å². The van der Waals surface area contributed by atoms with Crippen LogP contribution in [-0.4, -0.2) is 75.6 Å². The quantitative estimate of drug-likeness (QED) is 0.438. The van der Waals surface area contributed by atoms with Crippen molar-refractivity contribution in [3.8, 4) is 5.75 Å². The van der Waals surface area contributed by atoms with Gasteiger partial charge in [0.15, 0.2) is 0 Å². The molecule has 1 saturated heterocycles. The van der Waals surface area contributed by atoms with Gasteiger partial charge in [-0.25, -0.2) is 0 Å². The molecule has 0 unspecified atom stereocenters. The molecule has 0 amide bonds. The Kier molecular flexibility index (Phi) is 7.60. The van der Waals surface area contributed by atoms with Crippen LogP contribution in [0.15, 0.2) is 18.2 Å². The standard InChI is InChI=1S/C16H22N2O10/c1-23-8-12-13(24-2)14(25-3)15(26-4)16(28-12)27-11-6-5-9(17(19)20)7-10(11)18(21)22/h5-7,12-16H,8H2,1-4H3/t12-,13+,14+,15-,16-/m1/s1. The highest BCUT2D eigenvalue weighted by atomic mass is 16.7. The maximum Gasteiger partial charge on any atom is 0.317 e. The minimum absolute atomic E-state index is 0.150. The summed E-state index contributed by atoms with van der Waals surface area (Å²) in [7, 11) is 5.84. The molecular formula is C16H22N2O10. The third-order valence-corrected chi connectivity index (χ3v) is 4.33. The number of ether oxygens (including phenoxy) is 6. The first kappa shape index (κ1) is 21.9. The summed E-state index contributed by atoms with van der Waals surface area (Å²) in [6.07, 6.45) is -3.67. The molecule has 0 radical (unpaired) electrons. The zero-order chi connectivity index (χ0) is 20.8. The van der Waals surface area contributed by atoms with Crippen LogP contribution >= 0.6 is 0 Å². The van der Waals surface area contributed by atoms with E-state index < -0.39 is 51.9 Å². The van der Waals surface area contributed by atoms with Crippen molar-refractivity contribution in [2.75, 3.05) is 35.0 Å². The molecule has 1 aromatic rings. The third kappa shape index (κ3) is 4.54. The van der Waals surface area contributed by atoms with Crippen LogP contribution in [0.1, 0.15) is 0 Å². The van der Waals surface area contributed by atoms with E-state index >= 15 is 0 Å². The number of benzene rings is 1. The lowest BCUT2D eigenvalue weighted by Crippen LogP contribution is -2.62. The fraction of sp³-hybridized carbons (Fsp3) is 0.625. The number of rotatable bonds is 9. The molecule has 0 bridgehead atoms. The van der Waals surface area contributed by atoms with Crippen LogP contribution in [0.4, 0.5) is 11.4 Å². The highest BCUT2D eigenvalue weighted by Gasteiger charge is 2.48. The lowest BCUT2D eigenvalue weighted by Gasteiger charge is -2.44. The van der Waals surface area contributed by atoms with Gasteiger partial charge in [0, 0.05) is 34.5 Å². The molecule has 0 aliphatic carbocycles. The second-order valence-corrected chi connectivity index (χ2v) is 5.88. The molecule has 156 valence electrons. The largest absolute Gasteiger partial charge is 0.455 e. The first-order chi connectivity index (χ1) is 13.4. The molecule has 0 N–H and O–H groups in total. The minimum Gasteiger partial charge on any atom is -0.455 e. The molecule has 12 heteroatoms. The van der Waals surface area contributed by atoms with Crippen LogP contribution in [0.2, 0.25) is 0 Å². The van der Waals surface area contributed by atoms with E-state index in [1.54, 1.807) is 0 Å². The summed E-state index contributed by atoms with van der Waals surface area (Å²) in [4.78, 5) is 20.7. The molecule has 1 aliphatic heterocycles. The SMILES string of the molecule is COC[C@H]1O[C@@H](Oc2ccc([N+](=O)[O-])cc2[N+](=O)[O-])[C@H](OC)[C@@H](OC)[C@H]1OC. The fourth-order valence-corrected chi connectivity index (χ4v) is 3.06. The predicted octanol–water partition coefficient (Wildman–Crippen LogP) is 1.30. The van der Waals surface area contributed by atoms with Crippen LogP contribution in [0.25, 0.3) is 0 Å². The number of methoxy groups -OCH3 is 4. The van der Waals surface area contributed by atoms with Gasteiger partial charge in [-0.05, 0) is 6.07 Å². The van der Waals surface area contributed by atoms with Crippen molar-refractivity contribution in [2.24, 2.45) is 0 Å². The van der Waals surface area contributed by atoms with Crippen molar-refractivity contribution < 1.29 is 38.3 Å². The highest BCUT2D eigenvalue weighted by Crippen LogP contribution is 2.35. The summed E-state index contributed by atoms with van der Waals surface area (Å²) in [5.41, 5.74) is -1.00. The topological polar surface area (TPSA) is 142 Å². The molecule has 1 heterocycles. The van der Waals surface area contributed by atoms with Gasteiger partial charge < -0.3 is 28.4 Å². The average Bonchev–Trinajstić information content (AvgIpc) is 2.67. The normalized spacial score (nSPS) is 27.4. The van der Waals surface area contributed by atoms with Gasteiger partial charge in [0.05, 0.1) is 22.5 Å². The lowest BCUT2D eigenvalue weighted by molar-refractivity contribution is -0.395. The number of nitro benzene ring substituents is 2. The van der Waals surface area contributed by atoms with Crippen molar-refractivity contribution in [3.05, 3.63) is 38.4 Å². The van der Waals surface area contributed by atoms with Crippen LogP contribution < -0.4 is 4.74 Å². The molecule has 0 spiro atoms. The van der Waals surface area contributed by atoms with Gasteiger partial charge in [0.1, 0.15) is 24.4 Å². The number of nitro groups is 2. The summed E-state index contributed by atoms with van der Waals surface area (Å²) in [5.74, 6) is -0.204. The van der Waals surface area contributed by atoms with E-state index in [1.807, 2.05) is 0 Å². The van der Waals surface area contributed by atoms with Crippen molar-refractivity contribution in [3.63, 3.8) is 0 Å². The molecule has 2 rings (SSSR count). The maximum atomic E-state index is 11.3. The molecule has 5 atom stereocenters. The monoisotopic (exact) mass is 402 g/mol. The first-order valence-corrected chi connectivity index (χ1v) is 8.20. The summed E-state index contributed by atoms with van der Waals surface area (Å²) in [6, 6.07) is 3.06. The van der Waals surface area contributed by atoms with Crippen molar-refractivity contribution in [1.29, 1.82) is 0 Å². The second kappa shape index (κ2) is 9.71. The highest BCUT2D eigenvalue weighted by molar-refractivity contribution is 5.53. The fourth-order valence-electron chi connectivity index (χ4n) is 3.06. The Labute approximate surface area is 160 Å². The van der Waals surface area contributed by atoms with E-state index in [0.29, 0.717) is 0 Å². The van der Waals surface area contributed by atoms with E-state index in [2.05, 4.69) is 0 Å². The van der Waals surface area contributed by atoms with Gasteiger partial charge in [-0.3, -0.25) is 20.2 Å². The zero-order valence-corrected chi connectivity index (χ0v) is 15.8. The maximum absolute atomic E-state index is 11.3. The Hall–Kier alpha value is -2.38. The minimum atomic E-state index is -1.11. The lowest BCUT2D eigenvalue weighted by atomic mass is 9.98. The number of nitrogens with zero attached hydrogens (tertiary/aromatic N) is 2. The van der Waals surface area contributed by atoms with E-state index in [1.165, 1.54) is 28.4 Å². The molecule has 1 fully saturated rings. The van der Waals surface area contributed by atoms with Crippen molar-refractivity contribution >= 4 is 11.4 Å². The van der Waals surface area contributed by atoms with Gasteiger partial charge in [0.25, 0.3) is 5.69 Å². The molecule has 1 aliphatic rings. The van der Waals surface area contributed by atoms with Crippen molar-refractivity contribution in [2.45, 2.75) is 30.7 Å².